The van der Waals surface area contributed by atoms with Crippen LogP contribution in [0.4, 0.5) is 13.2 Å². The minimum absolute atomic E-state index is 0.0485. The van der Waals surface area contributed by atoms with E-state index in [9.17, 15) is 18.3 Å². The predicted octanol–water partition coefficient (Wildman–Crippen LogP) is 5.40. The van der Waals surface area contributed by atoms with E-state index in [4.69, 9.17) is 4.74 Å². The zero-order valence-corrected chi connectivity index (χ0v) is 14.8. The van der Waals surface area contributed by atoms with Crippen molar-refractivity contribution in [3.8, 4) is 0 Å². The molecule has 0 radical (unpaired) electrons. The molecular weight excluding hydrogens is 341 g/mol. The van der Waals surface area contributed by atoms with E-state index < -0.39 is 17.3 Å². The molecule has 1 fully saturated rings. The number of ether oxygens (including phenoxy) is 1. The van der Waals surface area contributed by atoms with Crippen LogP contribution >= 0.6 is 0 Å². The van der Waals surface area contributed by atoms with Crippen LogP contribution < -0.4 is 0 Å². The van der Waals surface area contributed by atoms with Gasteiger partial charge in [-0.15, -0.1) is 6.58 Å². The van der Waals surface area contributed by atoms with Gasteiger partial charge in [0.2, 0.25) is 0 Å². The van der Waals surface area contributed by atoms with Gasteiger partial charge < -0.3 is 9.84 Å². The van der Waals surface area contributed by atoms with Crippen molar-refractivity contribution in [2.75, 3.05) is 13.2 Å². The van der Waals surface area contributed by atoms with Crippen molar-refractivity contribution in [2.24, 2.45) is 5.92 Å². The molecule has 2 atom stereocenters. The Balaban J connectivity index is 1.80. The second-order valence-electron chi connectivity index (χ2n) is 6.69. The van der Waals surface area contributed by atoms with Crippen molar-refractivity contribution in [1.82, 2.24) is 0 Å². The van der Waals surface area contributed by atoms with Gasteiger partial charge >= 0.3 is 6.18 Å². The minimum Gasteiger partial charge on any atom is -0.385 e. The fraction of sp³-hybridized carbons (Fsp3) is 0.429. The second-order valence-corrected chi connectivity index (χ2v) is 6.69. The molecule has 0 heterocycles. The number of hydrogen-bond donors (Lipinski definition) is 1. The van der Waals surface area contributed by atoms with E-state index in [0.717, 1.165) is 37.0 Å². The summed E-state index contributed by atoms with van der Waals surface area (Å²) in [6, 6.07) is 4.96. The molecule has 2 rings (SSSR count). The number of aliphatic hydroxyl groups is 1. The topological polar surface area (TPSA) is 29.5 Å². The minimum atomic E-state index is -4.32. The van der Waals surface area contributed by atoms with Crippen LogP contribution in [0.1, 0.15) is 36.8 Å². The third-order valence-electron chi connectivity index (χ3n) is 4.82. The fourth-order valence-corrected chi connectivity index (χ4v) is 3.31. The summed E-state index contributed by atoms with van der Waals surface area (Å²) in [4.78, 5) is 0. The van der Waals surface area contributed by atoms with E-state index in [1.54, 1.807) is 18.2 Å². The molecule has 0 aromatic heterocycles. The van der Waals surface area contributed by atoms with Gasteiger partial charge in [0.1, 0.15) is 0 Å². The Kier molecular flexibility index (Phi) is 6.84. The lowest BCUT2D eigenvalue weighted by Crippen LogP contribution is -2.40. The van der Waals surface area contributed by atoms with Crippen molar-refractivity contribution in [3.63, 3.8) is 0 Å². The number of halogens is 3. The summed E-state index contributed by atoms with van der Waals surface area (Å²) in [5.74, 6) is -0.0485. The van der Waals surface area contributed by atoms with Gasteiger partial charge in [-0.25, -0.2) is 0 Å². The zero-order valence-electron chi connectivity index (χ0n) is 14.8. The van der Waals surface area contributed by atoms with E-state index >= 15 is 0 Å². The van der Waals surface area contributed by atoms with Gasteiger partial charge in [0.15, 0.2) is 0 Å². The number of benzene rings is 1. The molecule has 0 aliphatic heterocycles. The van der Waals surface area contributed by atoms with Gasteiger partial charge in [-0.2, -0.15) is 13.2 Å². The molecule has 0 spiro atoms. The molecule has 26 heavy (non-hydrogen) atoms. The predicted molar refractivity (Wildman–Crippen MR) is 97.5 cm³/mol. The number of hydrogen-bond acceptors (Lipinski definition) is 2. The molecule has 0 unspecified atom stereocenters. The average Bonchev–Trinajstić information content (AvgIpc) is 2.61. The maximum absolute atomic E-state index is 12.5. The SMILES string of the molecule is C=C[C@@]1(O)CCCC[C@@H]1C(=C)COC/C=C\c1ccc(C(F)(F)F)cc1. The number of rotatable bonds is 7. The largest absolute Gasteiger partial charge is 0.416 e. The summed E-state index contributed by atoms with van der Waals surface area (Å²) in [7, 11) is 0. The van der Waals surface area contributed by atoms with Crippen molar-refractivity contribution in [1.29, 1.82) is 0 Å². The van der Waals surface area contributed by atoms with E-state index in [1.807, 2.05) is 0 Å². The second kappa shape index (κ2) is 8.69. The molecule has 5 heteroatoms. The third kappa shape index (κ3) is 5.32. The van der Waals surface area contributed by atoms with Gasteiger partial charge in [0, 0.05) is 5.92 Å². The quantitative estimate of drug-likeness (QED) is 0.517. The Morgan fingerprint density at radius 3 is 2.58 bits per heavy atom. The Bertz CT molecular complexity index is 646. The van der Waals surface area contributed by atoms with Crippen LogP contribution in [0.15, 0.2) is 55.1 Å². The van der Waals surface area contributed by atoms with Crippen molar-refractivity contribution in [3.05, 3.63) is 66.3 Å². The summed E-state index contributed by atoms with van der Waals surface area (Å²) in [6.45, 7) is 8.44. The lowest BCUT2D eigenvalue weighted by atomic mass is 9.72. The molecule has 0 saturated heterocycles. The van der Waals surface area contributed by atoms with Gasteiger partial charge in [0.05, 0.1) is 24.4 Å². The van der Waals surface area contributed by atoms with E-state index in [1.165, 1.54) is 12.1 Å². The van der Waals surface area contributed by atoms with E-state index in [2.05, 4.69) is 13.2 Å². The lowest BCUT2D eigenvalue weighted by Gasteiger charge is -2.38. The van der Waals surface area contributed by atoms with Crippen LogP contribution in [0.5, 0.6) is 0 Å². The molecule has 1 aromatic carbocycles. The molecule has 1 aromatic rings. The van der Waals surface area contributed by atoms with Crippen LogP contribution in [0.3, 0.4) is 0 Å². The molecule has 0 amide bonds. The maximum Gasteiger partial charge on any atom is 0.416 e. The summed E-state index contributed by atoms with van der Waals surface area (Å²) in [6.07, 6.45) is 4.32. The molecule has 0 bridgehead atoms. The lowest BCUT2D eigenvalue weighted by molar-refractivity contribution is -0.137. The van der Waals surface area contributed by atoms with Crippen molar-refractivity contribution in [2.45, 2.75) is 37.5 Å². The summed E-state index contributed by atoms with van der Waals surface area (Å²) in [5, 5.41) is 10.6. The maximum atomic E-state index is 12.5. The summed E-state index contributed by atoms with van der Waals surface area (Å²) >= 11 is 0. The standard InChI is InChI=1S/C21H25F3O2/c1-3-20(25)13-5-4-8-19(20)16(2)15-26-14-6-7-17-9-11-18(12-10-17)21(22,23)24/h3,6-7,9-12,19,25H,1-2,4-5,8,13-15H2/b7-6-/t19-,20-/m1/s1. The molecule has 1 aliphatic rings. The van der Waals surface area contributed by atoms with Crippen molar-refractivity contribution >= 4 is 6.08 Å². The zero-order chi connectivity index (χ0) is 19.2. The molecule has 142 valence electrons. The van der Waals surface area contributed by atoms with Crippen LogP contribution in [0.2, 0.25) is 0 Å². The third-order valence-corrected chi connectivity index (χ3v) is 4.82. The molecule has 2 nitrogen and oxygen atoms in total. The van der Waals surface area contributed by atoms with Crippen molar-refractivity contribution < 1.29 is 23.0 Å². The van der Waals surface area contributed by atoms with Gasteiger partial charge in [-0.05, 0) is 36.1 Å². The van der Waals surface area contributed by atoms with Gasteiger partial charge in [-0.3, -0.25) is 0 Å². The van der Waals surface area contributed by atoms with Crippen LogP contribution in [0.25, 0.3) is 6.08 Å². The monoisotopic (exact) mass is 366 g/mol. The molecule has 1 aliphatic carbocycles. The number of alkyl halides is 3. The van der Waals surface area contributed by atoms with Crippen LogP contribution in [0, 0.1) is 5.92 Å². The first-order valence-corrected chi connectivity index (χ1v) is 8.71. The molecule has 1 N–H and O–H groups in total. The van der Waals surface area contributed by atoms with Gasteiger partial charge in [-0.1, -0.05) is 49.8 Å². The first-order chi connectivity index (χ1) is 12.3. The van der Waals surface area contributed by atoms with Crippen LogP contribution in [-0.2, 0) is 10.9 Å². The summed E-state index contributed by atoms with van der Waals surface area (Å²) < 4.78 is 43.1. The first kappa shape index (κ1) is 20.5. The highest BCUT2D eigenvalue weighted by Gasteiger charge is 2.37. The Morgan fingerprint density at radius 2 is 1.96 bits per heavy atom. The normalized spacial score (nSPS) is 23.9. The van der Waals surface area contributed by atoms with E-state index in [0.29, 0.717) is 25.2 Å². The molecule has 1 saturated carbocycles. The van der Waals surface area contributed by atoms with E-state index in [-0.39, 0.29) is 5.92 Å². The highest BCUT2D eigenvalue weighted by molar-refractivity contribution is 5.49. The Hall–Kier alpha value is -1.85. The first-order valence-electron chi connectivity index (χ1n) is 8.71. The fourth-order valence-electron chi connectivity index (χ4n) is 3.31. The Labute approximate surface area is 152 Å². The highest BCUT2D eigenvalue weighted by Crippen LogP contribution is 2.38. The smallest absolute Gasteiger partial charge is 0.385 e. The summed E-state index contributed by atoms with van der Waals surface area (Å²) in [5.41, 5.74) is -0.0532. The van der Waals surface area contributed by atoms with Crippen LogP contribution in [-0.4, -0.2) is 23.9 Å². The average molecular weight is 366 g/mol. The van der Waals surface area contributed by atoms with Gasteiger partial charge in [0.25, 0.3) is 0 Å². The highest BCUT2D eigenvalue weighted by atomic mass is 19.4. The Morgan fingerprint density at radius 1 is 1.27 bits per heavy atom. The molecular formula is C21H25F3O2.